The number of aromatic nitrogens is 1. The topological polar surface area (TPSA) is 63.3 Å². The number of fused-ring (bicyclic) bond motifs is 1. The zero-order valence-corrected chi connectivity index (χ0v) is 15.9. The number of furan rings is 1. The normalized spacial score (nSPS) is 11.4. The van der Waals surface area contributed by atoms with E-state index in [0.29, 0.717) is 43.7 Å². The Kier molecular flexibility index (Phi) is 4.90. The van der Waals surface area contributed by atoms with Gasteiger partial charge < -0.3 is 9.52 Å². The van der Waals surface area contributed by atoms with Crippen LogP contribution in [0, 0.1) is 0 Å². The molecule has 0 bridgehead atoms. The summed E-state index contributed by atoms with van der Waals surface area (Å²) in [5.41, 5.74) is 1.96. The number of nitrogens with zero attached hydrogens (tertiary/aromatic N) is 1. The number of rotatable bonds is 4. The Labute approximate surface area is 170 Å². The van der Waals surface area contributed by atoms with E-state index in [-0.39, 0.29) is 5.56 Å². The highest BCUT2D eigenvalue weighted by molar-refractivity contribution is 6.39. The summed E-state index contributed by atoms with van der Waals surface area (Å²) >= 11 is 12.4. The van der Waals surface area contributed by atoms with Crippen molar-refractivity contribution in [2.24, 2.45) is 0 Å². The molecule has 4 nitrogen and oxygen atoms in total. The van der Waals surface area contributed by atoms with Gasteiger partial charge in [-0.15, -0.1) is 0 Å². The largest absolute Gasteiger partial charge is 0.478 e. The number of carboxylic acids is 1. The molecule has 0 aliphatic carbocycles. The maximum atomic E-state index is 11.6. The van der Waals surface area contributed by atoms with Crippen LogP contribution in [-0.4, -0.2) is 16.1 Å². The van der Waals surface area contributed by atoms with E-state index in [9.17, 15) is 9.90 Å². The summed E-state index contributed by atoms with van der Waals surface area (Å²) in [4.78, 5) is 16.1. The Bertz CT molecular complexity index is 1210. The molecule has 4 aromatic rings. The fourth-order valence-corrected chi connectivity index (χ4v) is 3.52. The molecule has 0 fully saturated rings. The van der Waals surface area contributed by atoms with Crippen molar-refractivity contribution < 1.29 is 14.3 Å². The molecule has 0 spiro atoms. The van der Waals surface area contributed by atoms with Gasteiger partial charge >= 0.3 is 5.97 Å². The lowest BCUT2D eigenvalue weighted by Gasteiger charge is -2.04. The summed E-state index contributed by atoms with van der Waals surface area (Å²) in [7, 11) is 0. The zero-order valence-electron chi connectivity index (χ0n) is 14.4. The summed E-state index contributed by atoms with van der Waals surface area (Å²) in [6.07, 6.45) is 3.42. The highest BCUT2D eigenvalue weighted by Gasteiger charge is 2.13. The molecule has 0 saturated heterocycles. The molecule has 0 amide bonds. The second-order valence-corrected chi connectivity index (χ2v) is 6.86. The number of aromatic carboxylic acids is 1. The van der Waals surface area contributed by atoms with Gasteiger partial charge in [-0.1, -0.05) is 47.5 Å². The van der Waals surface area contributed by atoms with E-state index in [1.807, 2.05) is 6.07 Å². The molecule has 1 N–H and O–H groups in total. The van der Waals surface area contributed by atoms with E-state index in [0.717, 1.165) is 0 Å². The third kappa shape index (κ3) is 3.52. The Hall–Kier alpha value is -3.08. The van der Waals surface area contributed by atoms with Gasteiger partial charge in [0.25, 0.3) is 0 Å². The summed E-state index contributed by atoms with van der Waals surface area (Å²) in [6.45, 7) is 0. The van der Waals surface area contributed by atoms with Gasteiger partial charge in [0, 0.05) is 5.39 Å². The van der Waals surface area contributed by atoms with Crippen molar-refractivity contribution >= 4 is 52.2 Å². The summed E-state index contributed by atoms with van der Waals surface area (Å²) < 4.78 is 5.82. The van der Waals surface area contributed by atoms with Crippen LogP contribution in [0.5, 0.6) is 0 Å². The molecule has 4 rings (SSSR count). The minimum Gasteiger partial charge on any atom is -0.478 e. The minimum atomic E-state index is -0.998. The van der Waals surface area contributed by atoms with Crippen molar-refractivity contribution in [3.05, 3.63) is 87.7 Å². The molecule has 2 aromatic heterocycles. The van der Waals surface area contributed by atoms with Crippen molar-refractivity contribution in [3.8, 4) is 11.3 Å². The Morgan fingerprint density at radius 1 is 0.964 bits per heavy atom. The van der Waals surface area contributed by atoms with Gasteiger partial charge in [0.2, 0.25) is 0 Å². The molecule has 138 valence electrons. The van der Waals surface area contributed by atoms with Gasteiger partial charge in [-0.3, -0.25) is 0 Å². The van der Waals surface area contributed by atoms with Gasteiger partial charge in [-0.2, -0.15) is 0 Å². The molecule has 0 atom stereocenters. The number of para-hydroxylation sites is 1. The minimum absolute atomic E-state index is 0.202. The monoisotopic (exact) mass is 409 g/mol. The number of hydrogen-bond donors (Lipinski definition) is 1. The predicted octanol–water partition coefficient (Wildman–Crippen LogP) is 6.67. The van der Waals surface area contributed by atoms with Crippen molar-refractivity contribution in [2.45, 2.75) is 0 Å². The molecule has 0 unspecified atom stereocenters. The first-order chi connectivity index (χ1) is 13.5. The van der Waals surface area contributed by atoms with E-state index in [4.69, 9.17) is 27.6 Å². The molecule has 0 radical (unpaired) electrons. The first kappa shape index (κ1) is 18.3. The highest BCUT2D eigenvalue weighted by Crippen LogP contribution is 2.35. The Morgan fingerprint density at radius 2 is 1.71 bits per heavy atom. The van der Waals surface area contributed by atoms with Crippen LogP contribution in [0.3, 0.4) is 0 Å². The zero-order chi connectivity index (χ0) is 19.7. The van der Waals surface area contributed by atoms with Crippen LogP contribution in [0.4, 0.5) is 0 Å². The second kappa shape index (κ2) is 7.50. The standard InChI is InChI=1S/C22H13Cl2NO3/c23-17-5-3-6-18(24)21(17)20-11-10-14(28-20)9-8-13-12-16(22(26)27)15-4-1-2-7-19(15)25-13/h1-12H,(H,26,27). The van der Waals surface area contributed by atoms with Gasteiger partial charge in [0.15, 0.2) is 0 Å². The van der Waals surface area contributed by atoms with Crippen LogP contribution >= 0.6 is 23.2 Å². The number of hydrogen-bond acceptors (Lipinski definition) is 3. The van der Waals surface area contributed by atoms with Crippen molar-refractivity contribution in [1.82, 2.24) is 4.98 Å². The highest BCUT2D eigenvalue weighted by atomic mass is 35.5. The third-order valence-electron chi connectivity index (χ3n) is 4.22. The average molecular weight is 410 g/mol. The molecule has 2 aromatic carbocycles. The molecular formula is C22H13Cl2NO3. The van der Waals surface area contributed by atoms with Crippen LogP contribution in [0.15, 0.2) is 65.1 Å². The first-order valence-electron chi connectivity index (χ1n) is 8.38. The SMILES string of the molecule is O=C(O)c1cc(C=Cc2ccc(-c3c(Cl)cccc3Cl)o2)nc2ccccc12. The number of pyridine rings is 1. The molecule has 2 heterocycles. The van der Waals surface area contributed by atoms with Crippen LogP contribution in [-0.2, 0) is 0 Å². The molecule has 28 heavy (non-hydrogen) atoms. The Morgan fingerprint density at radius 3 is 2.46 bits per heavy atom. The van der Waals surface area contributed by atoms with Crippen molar-refractivity contribution in [3.63, 3.8) is 0 Å². The van der Waals surface area contributed by atoms with Gasteiger partial charge in [0.1, 0.15) is 11.5 Å². The number of benzene rings is 2. The fourth-order valence-electron chi connectivity index (χ4n) is 2.94. The quantitative estimate of drug-likeness (QED) is 0.408. The lowest BCUT2D eigenvalue weighted by Crippen LogP contribution is -2.00. The van der Waals surface area contributed by atoms with Gasteiger partial charge in [-0.25, -0.2) is 9.78 Å². The maximum Gasteiger partial charge on any atom is 0.336 e. The van der Waals surface area contributed by atoms with Crippen molar-refractivity contribution in [1.29, 1.82) is 0 Å². The van der Waals surface area contributed by atoms with Crippen LogP contribution in [0.25, 0.3) is 34.4 Å². The van der Waals surface area contributed by atoms with Gasteiger partial charge in [-0.05, 0) is 48.6 Å². The fraction of sp³-hybridized carbons (Fsp3) is 0. The third-order valence-corrected chi connectivity index (χ3v) is 4.85. The van der Waals surface area contributed by atoms with Gasteiger partial charge in [0.05, 0.1) is 32.4 Å². The Balaban J connectivity index is 1.69. The lowest BCUT2D eigenvalue weighted by molar-refractivity contribution is 0.0699. The smallest absolute Gasteiger partial charge is 0.336 e. The first-order valence-corrected chi connectivity index (χ1v) is 9.14. The molecule has 0 aliphatic rings. The van der Waals surface area contributed by atoms with Crippen LogP contribution < -0.4 is 0 Å². The van der Waals surface area contributed by atoms with E-state index < -0.39 is 5.97 Å². The molecular weight excluding hydrogens is 397 g/mol. The molecule has 0 aliphatic heterocycles. The van der Waals surface area contributed by atoms with E-state index in [1.54, 1.807) is 60.7 Å². The van der Waals surface area contributed by atoms with Crippen LogP contribution in [0.2, 0.25) is 10.0 Å². The molecule has 0 saturated carbocycles. The lowest BCUT2D eigenvalue weighted by atomic mass is 10.1. The van der Waals surface area contributed by atoms with E-state index in [2.05, 4.69) is 4.98 Å². The number of carboxylic acid groups (broad SMARTS) is 1. The molecule has 6 heteroatoms. The van der Waals surface area contributed by atoms with Crippen molar-refractivity contribution in [2.75, 3.05) is 0 Å². The average Bonchev–Trinajstić information content (AvgIpc) is 3.14. The number of halogens is 2. The van der Waals surface area contributed by atoms with Crippen LogP contribution in [0.1, 0.15) is 21.8 Å². The summed E-state index contributed by atoms with van der Waals surface area (Å²) in [5, 5.41) is 11.1. The predicted molar refractivity (Wildman–Crippen MR) is 112 cm³/mol. The maximum absolute atomic E-state index is 11.6. The van der Waals surface area contributed by atoms with E-state index >= 15 is 0 Å². The second-order valence-electron chi connectivity index (χ2n) is 6.05. The summed E-state index contributed by atoms with van der Waals surface area (Å²) in [6, 6.07) is 17.5. The number of carbonyl (C=O) groups is 1. The summed E-state index contributed by atoms with van der Waals surface area (Å²) in [5.74, 6) is 0.118. The van der Waals surface area contributed by atoms with E-state index in [1.165, 1.54) is 6.07 Å².